The normalized spacial score (nSPS) is 10.9. The third kappa shape index (κ3) is 7.81. The quantitative estimate of drug-likeness (QED) is 0.150. The summed E-state index contributed by atoms with van der Waals surface area (Å²) < 4.78 is 23.0. The number of nitrogens with one attached hydrogen (secondary N) is 1. The number of benzene rings is 4. The van der Waals surface area contributed by atoms with Gasteiger partial charge in [0.15, 0.2) is 23.0 Å². The second-order valence-electron chi connectivity index (χ2n) is 9.07. The molecular weight excluding hydrogens is 540 g/mol. The Morgan fingerprint density at radius 2 is 1.56 bits per heavy atom. The number of anilines is 1. The van der Waals surface area contributed by atoms with Crippen molar-refractivity contribution in [3.05, 3.63) is 118 Å². The highest BCUT2D eigenvalue weighted by molar-refractivity contribution is 6.32. The van der Waals surface area contributed by atoms with E-state index in [-0.39, 0.29) is 17.2 Å². The minimum Gasteiger partial charge on any atom is -0.493 e. The van der Waals surface area contributed by atoms with E-state index in [1.807, 2.05) is 73.7 Å². The Labute approximate surface area is 244 Å². The van der Waals surface area contributed by atoms with Crippen molar-refractivity contribution in [1.29, 1.82) is 5.26 Å². The third-order valence-corrected chi connectivity index (χ3v) is 6.37. The van der Waals surface area contributed by atoms with Crippen molar-refractivity contribution in [2.75, 3.05) is 19.5 Å². The summed E-state index contributed by atoms with van der Waals surface area (Å²) in [6, 6.07) is 27.9. The summed E-state index contributed by atoms with van der Waals surface area (Å²) in [6.07, 6.45) is 1.45. The number of hydrogen-bond donors (Lipinski definition) is 1. The van der Waals surface area contributed by atoms with Gasteiger partial charge in [-0.2, -0.15) is 5.26 Å². The number of aryl methyl sites for hydroxylation is 1. The number of nitriles is 1. The van der Waals surface area contributed by atoms with Crippen LogP contribution in [0, 0.1) is 18.3 Å². The molecule has 0 fully saturated rings. The smallest absolute Gasteiger partial charge is 0.266 e. The molecule has 0 unspecified atom stereocenters. The van der Waals surface area contributed by atoms with E-state index in [4.69, 9.17) is 30.5 Å². The predicted molar refractivity (Wildman–Crippen MR) is 160 cm³/mol. The van der Waals surface area contributed by atoms with Crippen molar-refractivity contribution in [2.24, 2.45) is 0 Å². The second kappa shape index (κ2) is 13.9. The summed E-state index contributed by atoms with van der Waals surface area (Å²) in [5.41, 5.74) is 3.96. The molecule has 0 atom stereocenters. The number of hydrogen-bond acceptors (Lipinski definition) is 6. The van der Waals surface area contributed by atoms with Gasteiger partial charge in [-0.25, -0.2) is 0 Å². The van der Waals surface area contributed by atoms with Crippen LogP contribution in [0.1, 0.15) is 22.3 Å². The number of carbonyl (C=O) groups excluding carboxylic acids is 1. The highest BCUT2D eigenvalue weighted by Gasteiger charge is 2.15. The Morgan fingerprint density at radius 1 is 0.854 bits per heavy atom. The van der Waals surface area contributed by atoms with Crippen LogP contribution >= 0.6 is 11.6 Å². The van der Waals surface area contributed by atoms with Gasteiger partial charge in [0, 0.05) is 5.69 Å². The van der Waals surface area contributed by atoms with E-state index in [2.05, 4.69) is 5.32 Å². The molecule has 0 aliphatic rings. The molecule has 0 heterocycles. The molecule has 0 aromatic heterocycles. The van der Waals surface area contributed by atoms with Crippen molar-refractivity contribution in [1.82, 2.24) is 0 Å². The molecule has 4 aromatic carbocycles. The maximum absolute atomic E-state index is 12.7. The molecule has 41 heavy (non-hydrogen) atoms. The molecule has 7 nitrogen and oxygen atoms in total. The molecule has 4 aromatic rings. The fourth-order valence-corrected chi connectivity index (χ4v) is 4.20. The van der Waals surface area contributed by atoms with E-state index in [9.17, 15) is 10.1 Å². The zero-order chi connectivity index (χ0) is 29.2. The molecule has 0 spiro atoms. The largest absolute Gasteiger partial charge is 0.493 e. The average molecular weight is 569 g/mol. The molecule has 0 aliphatic heterocycles. The summed E-state index contributed by atoms with van der Waals surface area (Å²) >= 11 is 6.55. The summed E-state index contributed by atoms with van der Waals surface area (Å²) in [5, 5.41) is 12.6. The van der Waals surface area contributed by atoms with E-state index in [1.165, 1.54) is 13.2 Å². The second-order valence-corrected chi connectivity index (χ2v) is 9.48. The molecule has 1 amide bonds. The van der Waals surface area contributed by atoms with Gasteiger partial charge in [0.2, 0.25) is 0 Å². The van der Waals surface area contributed by atoms with Crippen LogP contribution in [0.3, 0.4) is 0 Å². The van der Waals surface area contributed by atoms with Crippen LogP contribution < -0.4 is 24.3 Å². The van der Waals surface area contributed by atoms with Gasteiger partial charge in [0.1, 0.15) is 24.9 Å². The highest BCUT2D eigenvalue weighted by Crippen LogP contribution is 2.38. The van der Waals surface area contributed by atoms with Crippen LogP contribution in [0.15, 0.2) is 90.5 Å². The molecular formula is C33H29ClN2O5. The Hall–Kier alpha value is -4.93. The van der Waals surface area contributed by atoms with Gasteiger partial charge in [0.25, 0.3) is 5.91 Å². The fraction of sp³-hybridized carbons (Fsp3) is 0.152. The van der Waals surface area contributed by atoms with E-state index >= 15 is 0 Å². The zero-order valence-electron chi connectivity index (χ0n) is 22.9. The molecule has 0 aliphatic carbocycles. The summed E-state index contributed by atoms with van der Waals surface area (Å²) in [7, 11) is 3.07. The molecule has 4 rings (SSSR count). The topological polar surface area (TPSA) is 89.8 Å². The van der Waals surface area contributed by atoms with Crippen molar-refractivity contribution in [2.45, 2.75) is 20.1 Å². The van der Waals surface area contributed by atoms with Gasteiger partial charge in [0.05, 0.1) is 19.2 Å². The van der Waals surface area contributed by atoms with Crippen LogP contribution in [0.4, 0.5) is 5.69 Å². The highest BCUT2D eigenvalue weighted by atomic mass is 35.5. The summed E-state index contributed by atoms with van der Waals surface area (Å²) in [5.74, 6) is 1.35. The average Bonchev–Trinajstić information content (AvgIpc) is 2.99. The lowest BCUT2D eigenvalue weighted by molar-refractivity contribution is -0.112. The van der Waals surface area contributed by atoms with Crippen LogP contribution in [-0.4, -0.2) is 20.1 Å². The van der Waals surface area contributed by atoms with Gasteiger partial charge in [-0.15, -0.1) is 0 Å². The summed E-state index contributed by atoms with van der Waals surface area (Å²) in [6.45, 7) is 2.55. The minimum atomic E-state index is -0.531. The molecule has 0 saturated heterocycles. The van der Waals surface area contributed by atoms with Crippen LogP contribution in [0.2, 0.25) is 5.02 Å². The van der Waals surface area contributed by atoms with E-state index in [0.29, 0.717) is 40.9 Å². The first-order chi connectivity index (χ1) is 19.9. The van der Waals surface area contributed by atoms with Gasteiger partial charge < -0.3 is 24.3 Å². The number of ether oxygens (including phenoxy) is 4. The first kappa shape index (κ1) is 29.1. The van der Waals surface area contributed by atoms with Crippen molar-refractivity contribution >= 4 is 29.3 Å². The molecule has 0 bridgehead atoms. The monoisotopic (exact) mass is 568 g/mol. The number of carbonyl (C=O) groups is 1. The maximum atomic E-state index is 12.7. The number of rotatable bonds is 11. The lowest BCUT2D eigenvalue weighted by Crippen LogP contribution is -2.13. The first-order valence-electron chi connectivity index (χ1n) is 12.7. The lowest BCUT2D eigenvalue weighted by Gasteiger charge is -2.15. The molecule has 8 heteroatoms. The van der Waals surface area contributed by atoms with Gasteiger partial charge in [-0.3, -0.25) is 4.79 Å². The fourth-order valence-electron chi connectivity index (χ4n) is 3.93. The molecule has 208 valence electrons. The van der Waals surface area contributed by atoms with E-state index in [0.717, 1.165) is 16.7 Å². The number of amides is 1. The Kier molecular flexibility index (Phi) is 9.87. The first-order valence-corrected chi connectivity index (χ1v) is 13.1. The third-order valence-electron chi connectivity index (χ3n) is 6.09. The number of nitrogens with zero attached hydrogens (tertiary/aromatic N) is 1. The van der Waals surface area contributed by atoms with Gasteiger partial charge in [-0.05, 0) is 66.1 Å². The number of halogens is 1. The Bertz CT molecular complexity index is 1580. The van der Waals surface area contributed by atoms with Crippen LogP contribution in [0.25, 0.3) is 6.08 Å². The van der Waals surface area contributed by atoms with Gasteiger partial charge in [-0.1, -0.05) is 65.7 Å². The standard InChI is InChI=1S/C33H29ClN2O5/c1-22-9-12-27(13-10-22)36-33(37)26(19-35)15-25-16-28(34)32(31(18-25)39-3)41-21-24-11-14-29(30(17-24)38-2)40-20-23-7-5-4-6-8-23/h4-18H,20-21H2,1-3H3,(H,36,37)/b26-15-. The Morgan fingerprint density at radius 3 is 2.24 bits per heavy atom. The van der Waals surface area contributed by atoms with Gasteiger partial charge >= 0.3 is 0 Å². The SMILES string of the molecule is COc1cc(COc2c(Cl)cc(/C=C(/C#N)C(=O)Nc3ccc(C)cc3)cc2OC)ccc1OCc1ccccc1. The predicted octanol–water partition coefficient (Wildman–Crippen LogP) is 7.37. The molecule has 0 saturated carbocycles. The zero-order valence-corrected chi connectivity index (χ0v) is 23.7. The maximum Gasteiger partial charge on any atom is 0.266 e. The number of methoxy groups -OCH3 is 2. The summed E-state index contributed by atoms with van der Waals surface area (Å²) in [4.78, 5) is 12.7. The van der Waals surface area contributed by atoms with E-state index < -0.39 is 5.91 Å². The van der Waals surface area contributed by atoms with E-state index in [1.54, 1.807) is 31.4 Å². The van der Waals surface area contributed by atoms with Crippen LogP contribution in [-0.2, 0) is 18.0 Å². The molecule has 1 N–H and O–H groups in total. The Balaban J connectivity index is 1.46. The molecule has 0 radical (unpaired) electrons. The minimum absolute atomic E-state index is 0.0842. The van der Waals surface area contributed by atoms with Crippen molar-refractivity contribution < 1.29 is 23.7 Å². The lowest BCUT2D eigenvalue weighted by atomic mass is 10.1. The van der Waals surface area contributed by atoms with Crippen molar-refractivity contribution in [3.63, 3.8) is 0 Å². The van der Waals surface area contributed by atoms with Crippen LogP contribution in [0.5, 0.6) is 23.0 Å². The van der Waals surface area contributed by atoms with Crippen molar-refractivity contribution in [3.8, 4) is 29.1 Å².